The number of aromatic nitrogens is 1. The molecule has 3 nitrogen and oxygen atoms in total. The van der Waals surface area contributed by atoms with Crippen LogP contribution in [0.3, 0.4) is 0 Å². The minimum absolute atomic E-state index is 0.00330. The van der Waals surface area contributed by atoms with E-state index in [-0.39, 0.29) is 24.4 Å². The van der Waals surface area contributed by atoms with Crippen LogP contribution in [-0.4, -0.2) is 16.6 Å². The molecule has 3 aromatic rings. The summed E-state index contributed by atoms with van der Waals surface area (Å²) in [6.07, 6.45) is 2.33. The van der Waals surface area contributed by atoms with Gasteiger partial charge in [0.2, 0.25) is 0 Å². The summed E-state index contributed by atoms with van der Waals surface area (Å²) in [7, 11) is 0. The molecule has 110 valence electrons. The standard InChI is InChI=1S/C19H17NO2/c1-13-2-4-14(5-3-13)18(21)8-9-19(22)16-6-7-17-15(12-16)10-11-20-17/h2-7,10-12,20H,8-9H2,1H3. The zero-order valence-electron chi connectivity index (χ0n) is 12.4. The van der Waals surface area contributed by atoms with Crippen molar-refractivity contribution >= 4 is 22.5 Å². The van der Waals surface area contributed by atoms with Crippen LogP contribution in [0.2, 0.25) is 0 Å². The highest BCUT2D eigenvalue weighted by Gasteiger charge is 2.11. The monoisotopic (exact) mass is 291 g/mol. The number of aryl methyl sites for hydroxylation is 1. The Morgan fingerprint density at radius 3 is 2.23 bits per heavy atom. The van der Waals surface area contributed by atoms with Crippen molar-refractivity contribution in [3.8, 4) is 0 Å². The van der Waals surface area contributed by atoms with E-state index in [4.69, 9.17) is 0 Å². The lowest BCUT2D eigenvalue weighted by molar-refractivity contribution is 0.0917. The van der Waals surface area contributed by atoms with Gasteiger partial charge in [0.25, 0.3) is 0 Å². The second kappa shape index (κ2) is 5.98. The summed E-state index contributed by atoms with van der Waals surface area (Å²) in [5.74, 6) is 0.0136. The van der Waals surface area contributed by atoms with Crippen molar-refractivity contribution in [1.82, 2.24) is 4.98 Å². The van der Waals surface area contributed by atoms with Crippen molar-refractivity contribution in [3.05, 3.63) is 71.4 Å². The van der Waals surface area contributed by atoms with Crippen LogP contribution in [0.15, 0.2) is 54.7 Å². The number of H-pyrrole nitrogens is 1. The second-order valence-corrected chi connectivity index (χ2v) is 5.49. The molecule has 3 heteroatoms. The van der Waals surface area contributed by atoms with Gasteiger partial charge in [-0.15, -0.1) is 0 Å². The van der Waals surface area contributed by atoms with Crippen molar-refractivity contribution in [2.24, 2.45) is 0 Å². The van der Waals surface area contributed by atoms with E-state index in [0.717, 1.165) is 16.5 Å². The summed E-state index contributed by atoms with van der Waals surface area (Å²) in [5, 5.41) is 1.01. The zero-order valence-corrected chi connectivity index (χ0v) is 12.4. The average Bonchev–Trinajstić information content (AvgIpc) is 3.00. The molecule has 0 atom stereocenters. The molecule has 22 heavy (non-hydrogen) atoms. The molecular weight excluding hydrogens is 274 g/mol. The molecule has 1 aromatic heterocycles. The third kappa shape index (κ3) is 2.98. The molecule has 1 N–H and O–H groups in total. The Hall–Kier alpha value is -2.68. The molecule has 1 heterocycles. The maximum Gasteiger partial charge on any atom is 0.163 e. The number of Topliss-reactive ketones (excluding diaryl/α,β-unsaturated/α-hetero) is 2. The molecule has 0 fully saturated rings. The van der Waals surface area contributed by atoms with Gasteiger partial charge in [-0.05, 0) is 31.2 Å². The minimum atomic E-state index is 0.00330. The van der Waals surface area contributed by atoms with Crippen molar-refractivity contribution < 1.29 is 9.59 Å². The lowest BCUT2D eigenvalue weighted by Crippen LogP contribution is -2.05. The Labute approximate surface area is 129 Å². The molecule has 0 aliphatic heterocycles. The van der Waals surface area contributed by atoms with Crippen molar-refractivity contribution in [2.75, 3.05) is 0 Å². The molecule has 0 aliphatic rings. The van der Waals surface area contributed by atoms with E-state index in [9.17, 15) is 9.59 Å². The molecule has 2 aromatic carbocycles. The molecule has 0 unspecified atom stereocenters. The van der Waals surface area contributed by atoms with Crippen LogP contribution in [0.4, 0.5) is 0 Å². The molecule has 0 radical (unpaired) electrons. The highest BCUT2D eigenvalue weighted by Crippen LogP contribution is 2.17. The fourth-order valence-electron chi connectivity index (χ4n) is 2.48. The van der Waals surface area contributed by atoms with Gasteiger partial charge in [0, 0.05) is 41.1 Å². The molecule has 0 saturated carbocycles. The SMILES string of the molecule is Cc1ccc(C(=O)CCC(=O)c2ccc3[nH]ccc3c2)cc1. The molecule has 3 rings (SSSR count). The number of hydrogen-bond donors (Lipinski definition) is 1. The number of carbonyl (C=O) groups is 2. The Kier molecular flexibility index (Phi) is 3.88. The molecule has 0 amide bonds. The van der Waals surface area contributed by atoms with Gasteiger partial charge >= 0.3 is 0 Å². The topological polar surface area (TPSA) is 49.9 Å². The van der Waals surface area contributed by atoms with Gasteiger partial charge in [0.1, 0.15) is 0 Å². The van der Waals surface area contributed by atoms with E-state index < -0.39 is 0 Å². The highest BCUT2D eigenvalue weighted by molar-refractivity contribution is 6.03. The summed E-state index contributed by atoms with van der Waals surface area (Å²) in [6.45, 7) is 1.98. The number of ketones is 2. The third-order valence-electron chi connectivity index (χ3n) is 3.83. The van der Waals surface area contributed by atoms with Gasteiger partial charge < -0.3 is 4.98 Å². The van der Waals surface area contributed by atoms with Crippen LogP contribution in [0, 0.1) is 6.92 Å². The molecule has 0 bridgehead atoms. The van der Waals surface area contributed by atoms with E-state index in [0.29, 0.717) is 11.1 Å². The number of carbonyl (C=O) groups excluding carboxylic acids is 2. The van der Waals surface area contributed by atoms with Gasteiger partial charge in [-0.1, -0.05) is 29.8 Å². The quantitative estimate of drug-likeness (QED) is 0.712. The molecular formula is C19H17NO2. The number of benzene rings is 2. The first-order valence-electron chi connectivity index (χ1n) is 7.34. The van der Waals surface area contributed by atoms with Crippen LogP contribution in [0.25, 0.3) is 10.9 Å². The molecule has 0 aliphatic carbocycles. The number of nitrogens with one attached hydrogen (secondary N) is 1. The predicted molar refractivity (Wildman–Crippen MR) is 87.4 cm³/mol. The first-order valence-corrected chi connectivity index (χ1v) is 7.34. The van der Waals surface area contributed by atoms with E-state index in [1.54, 1.807) is 6.07 Å². The number of fused-ring (bicyclic) bond motifs is 1. The first-order chi connectivity index (χ1) is 10.6. The smallest absolute Gasteiger partial charge is 0.163 e. The van der Waals surface area contributed by atoms with E-state index in [1.807, 2.05) is 55.6 Å². The largest absolute Gasteiger partial charge is 0.361 e. The third-order valence-corrected chi connectivity index (χ3v) is 3.83. The van der Waals surface area contributed by atoms with Crippen molar-refractivity contribution in [1.29, 1.82) is 0 Å². The average molecular weight is 291 g/mol. The number of rotatable bonds is 5. The molecule has 0 saturated heterocycles. The maximum atomic E-state index is 12.2. The summed E-state index contributed by atoms with van der Waals surface area (Å²) in [6, 6.07) is 14.9. The van der Waals surface area contributed by atoms with Gasteiger partial charge in [-0.3, -0.25) is 9.59 Å². The minimum Gasteiger partial charge on any atom is -0.361 e. The summed E-state index contributed by atoms with van der Waals surface area (Å²) < 4.78 is 0. The normalized spacial score (nSPS) is 10.8. The Balaban J connectivity index is 1.66. The summed E-state index contributed by atoms with van der Waals surface area (Å²) in [4.78, 5) is 27.4. The van der Waals surface area contributed by atoms with E-state index >= 15 is 0 Å². The second-order valence-electron chi connectivity index (χ2n) is 5.49. The highest BCUT2D eigenvalue weighted by atomic mass is 16.1. The lowest BCUT2D eigenvalue weighted by Gasteiger charge is -2.03. The Bertz CT molecular complexity index is 828. The van der Waals surface area contributed by atoms with Gasteiger partial charge in [-0.25, -0.2) is 0 Å². The first kappa shape index (κ1) is 14.3. The zero-order chi connectivity index (χ0) is 15.5. The predicted octanol–water partition coefficient (Wildman–Crippen LogP) is 4.32. The fraction of sp³-hybridized carbons (Fsp3) is 0.158. The number of aromatic amines is 1. The van der Waals surface area contributed by atoms with Gasteiger partial charge in [-0.2, -0.15) is 0 Å². The van der Waals surface area contributed by atoms with Crippen LogP contribution >= 0.6 is 0 Å². The van der Waals surface area contributed by atoms with E-state index in [2.05, 4.69) is 4.98 Å². The van der Waals surface area contributed by atoms with E-state index in [1.165, 1.54) is 0 Å². The maximum absolute atomic E-state index is 12.2. The van der Waals surface area contributed by atoms with Gasteiger partial charge in [0.05, 0.1) is 0 Å². The van der Waals surface area contributed by atoms with Crippen molar-refractivity contribution in [2.45, 2.75) is 19.8 Å². The van der Waals surface area contributed by atoms with Crippen LogP contribution in [-0.2, 0) is 0 Å². The van der Waals surface area contributed by atoms with Crippen LogP contribution < -0.4 is 0 Å². The van der Waals surface area contributed by atoms with Gasteiger partial charge in [0.15, 0.2) is 11.6 Å². The van der Waals surface area contributed by atoms with Crippen molar-refractivity contribution in [3.63, 3.8) is 0 Å². The Morgan fingerprint density at radius 2 is 1.50 bits per heavy atom. The summed E-state index contributed by atoms with van der Waals surface area (Å²) >= 11 is 0. The Morgan fingerprint density at radius 1 is 0.864 bits per heavy atom. The van der Waals surface area contributed by atoms with Crippen LogP contribution in [0.5, 0.6) is 0 Å². The lowest BCUT2D eigenvalue weighted by atomic mass is 10.0. The fourth-order valence-corrected chi connectivity index (χ4v) is 2.48. The number of hydrogen-bond acceptors (Lipinski definition) is 2. The molecule has 0 spiro atoms. The summed E-state index contributed by atoms with van der Waals surface area (Å²) in [5.41, 5.74) is 3.45. The van der Waals surface area contributed by atoms with Crippen LogP contribution in [0.1, 0.15) is 39.1 Å².